The zero-order valence-corrected chi connectivity index (χ0v) is 15.8. The number of thiocarbonyl (C=S) groups is 1. The van der Waals surface area contributed by atoms with E-state index < -0.39 is 0 Å². The van der Waals surface area contributed by atoms with Crippen LogP contribution in [-0.2, 0) is 0 Å². The number of hydrogen-bond acceptors (Lipinski definition) is 2. The molecule has 0 bridgehead atoms. The molecule has 0 aliphatic carbocycles. The van der Waals surface area contributed by atoms with Gasteiger partial charge < -0.3 is 15.4 Å². The molecule has 136 valence electrons. The van der Waals surface area contributed by atoms with E-state index in [4.69, 9.17) is 17.0 Å². The van der Waals surface area contributed by atoms with E-state index in [1.54, 1.807) is 6.08 Å². The lowest BCUT2D eigenvalue weighted by Crippen LogP contribution is -2.33. The third-order valence-electron chi connectivity index (χ3n) is 4.00. The van der Waals surface area contributed by atoms with E-state index in [-0.39, 0.29) is 6.04 Å². The van der Waals surface area contributed by atoms with Crippen LogP contribution in [0.25, 0.3) is 0 Å². The lowest BCUT2D eigenvalue weighted by atomic mass is 9.99. The number of anilines is 1. The second-order valence-corrected chi connectivity index (χ2v) is 6.39. The average molecular weight is 375 g/mol. The summed E-state index contributed by atoms with van der Waals surface area (Å²) in [6, 6.07) is 28.2. The van der Waals surface area contributed by atoms with Crippen molar-refractivity contribution in [3.8, 4) is 5.75 Å². The summed E-state index contributed by atoms with van der Waals surface area (Å²) < 4.78 is 5.58. The molecule has 0 aliphatic rings. The van der Waals surface area contributed by atoms with Gasteiger partial charge in [0.15, 0.2) is 5.11 Å². The van der Waals surface area contributed by atoms with E-state index in [0.29, 0.717) is 11.7 Å². The molecule has 0 spiro atoms. The standard InChI is InChI=1S/C23H22N2OS/c1-2-16-26-21-15-9-14-20(17-21)24-23(27)25-22(18-10-5-3-6-11-18)19-12-7-4-8-13-19/h2-15,17,22H,1,16H2,(H2,24,25,27). The van der Waals surface area contributed by atoms with Gasteiger partial charge in [0.1, 0.15) is 12.4 Å². The Balaban J connectivity index is 1.74. The molecule has 0 heterocycles. The molecule has 0 amide bonds. The van der Waals surface area contributed by atoms with Crippen molar-refractivity contribution in [1.29, 1.82) is 0 Å². The van der Waals surface area contributed by atoms with Gasteiger partial charge in [-0.3, -0.25) is 0 Å². The van der Waals surface area contributed by atoms with Gasteiger partial charge in [-0.25, -0.2) is 0 Å². The maximum absolute atomic E-state index is 5.58. The molecule has 0 saturated carbocycles. The number of nitrogens with one attached hydrogen (secondary N) is 2. The van der Waals surface area contributed by atoms with Gasteiger partial charge in [0.2, 0.25) is 0 Å². The van der Waals surface area contributed by atoms with Gasteiger partial charge in [-0.15, -0.1) is 0 Å². The minimum atomic E-state index is -0.0346. The molecule has 0 atom stereocenters. The zero-order chi connectivity index (χ0) is 18.9. The minimum Gasteiger partial charge on any atom is -0.489 e. The molecule has 27 heavy (non-hydrogen) atoms. The first-order valence-corrected chi connectivity index (χ1v) is 9.18. The van der Waals surface area contributed by atoms with Gasteiger partial charge in [0.05, 0.1) is 6.04 Å². The summed E-state index contributed by atoms with van der Waals surface area (Å²) in [7, 11) is 0. The molecule has 2 N–H and O–H groups in total. The number of benzene rings is 3. The third-order valence-corrected chi connectivity index (χ3v) is 4.22. The fourth-order valence-electron chi connectivity index (χ4n) is 2.77. The zero-order valence-electron chi connectivity index (χ0n) is 15.0. The van der Waals surface area contributed by atoms with Crippen LogP contribution in [0.3, 0.4) is 0 Å². The van der Waals surface area contributed by atoms with Gasteiger partial charge in [-0.1, -0.05) is 79.4 Å². The summed E-state index contributed by atoms with van der Waals surface area (Å²) in [6.07, 6.45) is 1.72. The molecule has 0 aliphatic heterocycles. The van der Waals surface area contributed by atoms with Gasteiger partial charge >= 0.3 is 0 Å². The van der Waals surface area contributed by atoms with Crippen molar-refractivity contribution in [1.82, 2.24) is 5.32 Å². The van der Waals surface area contributed by atoms with Crippen molar-refractivity contribution in [2.45, 2.75) is 6.04 Å². The Hall–Kier alpha value is -3.11. The molecule has 0 fully saturated rings. The Morgan fingerprint density at radius 1 is 0.926 bits per heavy atom. The van der Waals surface area contributed by atoms with Crippen LogP contribution in [0.4, 0.5) is 5.69 Å². The van der Waals surface area contributed by atoms with E-state index in [1.165, 1.54) is 0 Å². The number of rotatable bonds is 7. The normalized spacial score (nSPS) is 10.3. The second-order valence-electron chi connectivity index (χ2n) is 5.98. The van der Waals surface area contributed by atoms with E-state index >= 15 is 0 Å². The molecule has 3 aromatic rings. The summed E-state index contributed by atoms with van der Waals surface area (Å²) in [4.78, 5) is 0. The fraction of sp³-hybridized carbons (Fsp3) is 0.0870. The summed E-state index contributed by atoms with van der Waals surface area (Å²) >= 11 is 5.56. The largest absolute Gasteiger partial charge is 0.489 e. The predicted molar refractivity (Wildman–Crippen MR) is 116 cm³/mol. The van der Waals surface area contributed by atoms with Crippen molar-refractivity contribution >= 4 is 23.0 Å². The van der Waals surface area contributed by atoms with Crippen molar-refractivity contribution in [3.63, 3.8) is 0 Å². The molecular formula is C23H22N2OS. The second kappa shape index (κ2) is 9.55. The molecule has 0 aromatic heterocycles. The van der Waals surface area contributed by atoms with Gasteiger partial charge in [0, 0.05) is 11.8 Å². The molecule has 3 aromatic carbocycles. The monoisotopic (exact) mass is 374 g/mol. The first kappa shape index (κ1) is 18.7. The Morgan fingerprint density at radius 3 is 2.15 bits per heavy atom. The van der Waals surface area contributed by atoms with Crippen molar-refractivity contribution in [2.24, 2.45) is 0 Å². The Kier molecular flexibility index (Phi) is 6.61. The lowest BCUT2D eigenvalue weighted by molar-refractivity contribution is 0.363. The van der Waals surface area contributed by atoms with Gasteiger partial charge in [0.25, 0.3) is 0 Å². The molecule has 0 radical (unpaired) electrons. The van der Waals surface area contributed by atoms with Crippen LogP contribution < -0.4 is 15.4 Å². The van der Waals surface area contributed by atoms with Crippen LogP contribution in [0, 0.1) is 0 Å². The smallest absolute Gasteiger partial charge is 0.171 e. The fourth-order valence-corrected chi connectivity index (χ4v) is 3.00. The third kappa shape index (κ3) is 5.43. The number of hydrogen-bond donors (Lipinski definition) is 2. The first-order chi connectivity index (χ1) is 13.3. The van der Waals surface area contributed by atoms with Crippen molar-refractivity contribution < 1.29 is 4.74 Å². The van der Waals surface area contributed by atoms with Crippen LogP contribution in [0.15, 0.2) is 97.6 Å². The van der Waals surface area contributed by atoms with Crippen LogP contribution >= 0.6 is 12.2 Å². The highest BCUT2D eigenvalue weighted by molar-refractivity contribution is 7.80. The van der Waals surface area contributed by atoms with Crippen LogP contribution in [0.5, 0.6) is 5.75 Å². The maximum atomic E-state index is 5.58. The summed E-state index contributed by atoms with van der Waals surface area (Å²) in [5.41, 5.74) is 3.17. The number of ether oxygens (including phenoxy) is 1. The van der Waals surface area contributed by atoms with E-state index in [1.807, 2.05) is 60.7 Å². The Morgan fingerprint density at radius 2 is 1.56 bits per heavy atom. The van der Waals surface area contributed by atoms with Gasteiger partial charge in [-0.05, 0) is 35.5 Å². The summed E-state index contributed by atoms with van der Waals surface area (Å²) in [5, 5.41) is 7.22. The van der Waals surface area contributed by atoms with Crippen LogP contribution in [0.2, 0.25) is 0 Å². The van der Waals surface area contributed by atoms with Crippen molar-refractivity contribution in [2.75, 3.05) is 11.9 Å². The molecule has 0 unspecified atom stereocenters. The SMILES string of the molecule is C=CCOc1cccc(NC(=S)NC(c2ccccc2)c2ccccc2)c1. The molecule has 3 rings (SSSR count). The van der Waals surface area contributed by atoms with E-state index in [2.05, 4.69) is 41.5 Å². The Bertz CT molecular complexity index is 842. The topological polar surface area (TPSA) is 33.3 Å². The highest BCUT2D eigenvalue weighted by atomic mass is 32.1. The van der Waals surface area contributed by atoms with Crippen LogP contribution in [-0.4, -0.2) is 11.7 Å². The average Bonchev–Trinajstić information content (AvgIpc) is 2.72. The maximum Gasteiger partial charge on any atom is 0.171 e. The minimum absolute atomic E-state index is 0.0346. The highest BCUT2D eigenvalue weighted by Gasteiger charge is 2.14. The first-order valence-electron chi connectivity index (χ1n) is 8.77. The summed E-state index contributed by atoms with van der Waals surface area (Å²) in [6.45, 7) is 4.13. The molecule has 3 nitrogen and oxygen atoms in total. The summed E-state index contributed by atoms with van der Waals surface area (Å²) in [5.74, 6) is 0.769. The Labute approximate surface area is 165 Å². The van der Waals surface area contributed by atoms with Gasteiger partial charge in [-0.2, -0.15) is 0 Å². The predicted octanol–water partition coefficient (Wildman–Crippen LogP) is 5.33. The highest BCUT2D eigenvalue weighted by Crippen LogP contribution is 2.22. The quantitative estimate of drug-likeness (QED) is 0.433. The molecule has 0 saturated heterocycles. The molecule has 4 heteroatoms. The van der Waals surface area contributed by atoms with E-state index in [9.17, 15) is 0 Å². The molecular weight excluding hydrogens is 352 g/mol. The van der Waals surface area contributed by atoms with Crippen LogP contribution in [0.1, 0.15) is 17.2 Å². The van der Waals surface area contributed by atoms with E-state index in [0.717, 1.165) is 22.6 Å². The lowest BCUT2D eigenvalue weighted by Gasteiger charge is -2.22. The van der Waals surface area contributed by atoms with Crippen molar-refractivity contribution in [3.05, 3.63) is 109 Å².